The highest BCUT2D eigenvalue weighted by Gasteiger charge is 2.50. The van der Waals surface area contributed by atoms with Crippen LogP contribution in [0.15, 0.2) is 24.3 Å². The lowest BCUT2D eigenvalue weighted by Gasteiger charge is -2.35. The molecule has 1 saturated heterocycles. The van der Waals surface area contributed by atoms with Crippen LogP contribution in [0, 0.1) is 5.41 Å². The van der Waals surface area contributed by atoms with Crippen LogP contribution in [0.5, 0.6) is 0 Å². The largest absolute Gasteiger partial charge is 0.399 e. The summed E-state index contributed by atoms with van der Waals surface area (Å²) in [4.78, 5) is 46.5. The maximum Gasteiger partial charge on any atom is 0.399 e. The number of alkyl halides is 2. The number of nitrogens with one attached hydrogen (secondary N) is 1. The summed E-state index contributed by atoms with van der Waals surface area (Å²) < 4.78 is 45.6. The Labute approximate surface area is 206 Å². The normalized spacial score (nSPS) is 20.3. The van der Waals surface area contributed by atoms with Gasteiger partial charge >= 0.3 is 13.3 Å². The van der Waals surface area contributed by atoms with Crippen LogP contribution in [0.2, 0.25) is 0 Å². The van der Waals surface area contributed by atoms with E-state index in [9.17, 15) is 22.9 Å². The number of carbonyl (C=O) groups excluding carboxylic acids is 2. The highest BCUT2D eigenvalue weighted by atomic mass is 32.1. The Morgan fingerprint density at radius 3 is 2.51 bits per heavy atom. The first-order chi connectivity index (χ1) is 16.1. The third kappa shape index (κ3) is 5.59. The van der Waals surface area contributed by atoms with E-state index in [0.29, 0.717) is 24.3 Å². The van der Waals surface area contributed by atoms with Crippen molar-refractivity contribution in [3.8, 4) is 0 Å². The summed E-state index contributed by atoms with van der Waals surface area (Å²) in [5.74, 6) is -0.749. The molecule has 2 aromatic rings. The van der Waals surface area contributed by atoms with Crippen molar-refractivity contribution < 1.29 is 37.5 Å². The number of carbonyl (C=O) groups is 2. The van der Waals surface area contributed by atoms with Gasteiger partial charge in [0.1, 0.15) is 6.04 Å². The molecule has 1 fully saturated rings. The molecule has 2 heterocycles. The maximum atomic E-state index is 14.1. The second kappa shape index (κ2) is 9.86. The SMILES string of the molecule is CCO[C@H]1CCN(C(=O)[C@@H](NC(=O)c2cc3cc(C(F)(F)P(=O)(O)O)ccc3s2)C(C)(C)C)[C@@H]1C. The van der Waals surface area contributed by atoms with Crippen molar-refractivity contribution in [2.45, 2.75) is 64.9 Å². The van der Waals surface area contributed by atoms with E-state index in [0.717, 1.165) is 23.5 Å². The minimum absolute atomic E-state index is 0.0664. The van der Waals surface area contributed by atoms with Crippen molar-refractivity contribution >= 4 is 40.8 Å². The Morgan fingerprint density at radius 1 is 1.29 bits per heavy atom. The molecule has 0 bridgehead atoms. The van der Waals surface area contributed by atoms with Crippen LogP contribution in [-0.4, -0.2) is 57.8 Å². The van der Waals surface area contributed by atoms with Crippen molar-refractivity contribution in [3.05, 3.63) is 34.7 Å². The Hall–Kier alpha value is -1.91. The molecular weight excluding hydrogens is 501 g/mol. The molecule has 1 aromatic heterocycles. The summed E-state index contributed by atoms with van der Waals surface area (Å²) in [6, 6.07) is 3.60. The van der Waals surface area contributed by atoms with Gasteiger partial charge in [0.2, 0.25) is 5.91 Å². The average Bonchev–Trinajstić information content (AvgIpc) is 3.33. The van der Waals surface area contributed by atoms with E-state index in [1.54, 1.807) is 4.90 Å². The van der Waals surface area contributed by atoms with Crippen LogP contribution in [0.4, 0.5) is 8.78 Å². The molecule has 3 atom stereocenters. The number of benzene rings is 1. The fourth-order valence-corrected chi connectivity index (χ4v) is 5.61. The van der Waals surface area contributed by atoms with E-state index in [2.05, 4.69) is 5.32 Å². The number of likely N-dealkylation sites (tertiary alicyclic amines) is 1. The van der Waals surface area contributed by atoms with E-state index in [1.807, 2.05) is 34.6 Å². The van der Waals surface area contributed by atoms with Gasteiger partial charge in [-0.2, -0.15) is 8.78 Å². The van der Waals surface area contributed by atoms with Gasteiger partial charge in [-0.1, -0.05) is 26.8 Å². The van der Waals surface area contributed by atoms with Gasteiger partial charge in [-0.15, -0.1) is 11.3 Å². The number of amides is 2. The number of thiophene rings is 1. The zero-order valence-corrected chi connectivity index (χ0v) is 22.0. The minimum Gasteiger partial charge on any atom is -0.376 e. The maximum absolute atomic E-state index is 14.1. The van der Waals surface area contributed by atoms with Gasteiger partial charge in [-0.3, -0.25) is 14.2 Å². The Morgan fingerprint density at radius 2 is 1.94 bits per heavy atom. The molecular formula is C23H31F2N2O6PS. The Bertz CT molecular complexity index is 1160. The highest BCUT2D eigenvalue weighted by molar-refractivity contribution is 7.52. The van der Waals surface area contributed by atoms with E-state index < -0.39 is 36.2 Å². The first-order valence-corrected chi connectivity index (χ1v) is 13.7. The van der Waals surface area contributed by atoms with Crippen molar-refractivity contribution in [1.29, 1.82) is 0 Å². The van der Waals surface area contributed by atoms with E-state index >= 15 is 0 Å². The zero-order chi connectivity index (χ0) is 26.3. The van der Waals surface area contributed by atoms with Gasteiger partial charge in [-0.05, 0) is 49.3 Å². The summed E-state index contributed by atoms with van der Waals surface area (Å²) in [7, 11) is -5.71. The molecule has 3 N–H and O–H groups in total. The average molecular weight is 533 g/mol. The Kier molecular flexibility index (Phi) is 7.80. The predicted octanol–water partition coefficient (Wildman–Crippen LogP) is 4.30. The molecule has 0 spiro atoms. The van der Waals surface area contributed by atoms with Gasteiger partial charge in [0, 0.05) is 23.4 Å². The third-order valence-corrected chi connectivity index (χ3v) is 8.29. The van der Waals surface area contributed by atoms with E-state index in [1.165, 1.54) is 12.1 Å². The lowest BCUT2D eigenvalue weighted by molar-refractivity contribution is -0.137. The van der Waals surface area contributed by atoms with Crippen LogP contribution in [0.3, 0.4) is 0 Å². The van der Waals surface area contributed by atoms with Crippen LogP contribution in [-0.2, 0) is 19.8 Å². The standard InChI is InChI=1S/C23H31F2N2O6PS/c1-6-33-16-9-10-27(13(16)2)21(29)19(22(3,4)5)26-20(28)18-12-14-11-15(7-8-17(14)35-18)23(24,25)34(30,31)32/h7-8,11-13,16,19H,6,9-10H2,1-5H3,(H,26,28)(H2,30,31,32)/t13-,16+,19-/m1/s1. The summed E-state index contributed by atoms with van der Waals surface area (Å²) in [6.45, 7) is 10.4. The fourth-order valence-electron chi connectivity index (χ4n) is 4.19. The molecule has 12 heteroatoms. The molecule has 0 unspecified atom stereocenters. The minimum atomic E-state index is -5.71. The molecule has 35 heavy (non-hydrogen) atoms. The van der Waals surface area contributed by atoms with Gasteiger partial charge in [0.25, 0.3) is 5.91 Å². The summed E-state index contributed by atoms with van der Waals surface area (Å²) in [6.07, 6.45) is 0.645. The van der Waals surface area contributed by atoms with Crippen LogP contribution >= 0.6 is 18.9 Å². The number of halogens is 2. The van der Waals surface area contributed by atoms with Crippen molar-refractivity contribution in [1.82, 2.24) is 10.2 Å². The van der Waals surface area contributed by atoms with Crippen LogP contribution in [0.25, 0.3) is 10.1 Å². The number of ether oxygens (including phenoxy) is 1. The molecule has 1 aliphatic heterocycles. The smallest absolute Gasteiger partial charge is 0.376 e. The monoisotopic (exact) mass is 532 g/mol. The molecule has 3 rings (SSSR count). The first kappa shape index (κ1) is 27.7. The number of rotatable bonds is 7. The lowest BCUT2D eigenvalue weighted by Crippen LogP contribution is -2.56. The zero-order valence-electron chi connectivity index (χ0n) is 20.2. The van der Waals surface area contributed by atoms with Crippen LogP contribution < -0.4 is 5.32 Å². The van der Waals surface area contributed by atoms with Crippen LogP contribution in [0.1, 0.15) is 56.3 Å². The van der Waals surface area contributed by atoms with Crippen molar-refractivity contribution in [3.63, 3.8) is 0 Å². The van der Waals surface area contributed by atoms with Gasteiger partial charge in [0.15, 0.2) is 0 Å². The molecule has 0 radical (unpaired) electrons. The van der Waals surface area contributed by atoms with Gasteiger partial charge in [0.05, 0.1) is 17.0 Å². The van der Waals surface area contributed by atoms with Crippen molar-refractivity contribution in [2.75, 3.05) is 13.2 Å². The number of fused-ring (bicyclic) bond motifs is 1. The fraction of sp³-hybridized carbons (Fsp3) is 0.565. The molecule has 0 aliphatic carbocycles. The van der Waals surface area contributed by atoms with Gasteiger partial charge < -0.3 is 24.7 Å². The number of hydrogen-bond acceptors (Lipinski definition) is 5. The summed E-state index contributed by atoms with van der Waals surface area (Å²) >= 11 is 1.04. The summed E-state index contributed by atoms with van der Waals surface area (Å²) in [5.41, 5.74) is -5.79. The molecule has 8 nitrogen and oxygen atoms in total. The lowest BCUT2D eigenvalue weighted by atomic mass is 9.85. The second-order valence-electron chi connectivity index (χ2n) is 9.78. The number of nitrogens with zero attached hydrogens (tertiary/aromatic N) is 1. The van der Waals surface area contributed by atoms with Crippen molar-refractivity contribution in [2.24, 2.45) is 5.41 Å². The first-order valence-electron chi connectivity index (χ1n) is 11.3. The number of hydrogen-bond donors (Lipinski definition) is 3. The molecule has 2 amide bonds. The molecule has 194 valence electrons. The van der Waals surface area contributed by atoms with E-state index in [-0.39, 0.29) is 28.3 Å². The second-order valence-corrected chi connectivity index (χ2v) is 12.5. The third-order valence-electron chi connectivity index (χ3n) is 6.19. The summed E-state index contributed by atoms with van der Waals surface area (Å²) in [5, 5.41) is 3.06. The van der Waals surface area contributed by atoms with E-state index in [4.69, 9.17) is 14.5 Å². The molecule has 1 aliphatic rings. The predicted molar refractivity (Wildman–Crippen MR) is 130 cm³/mol. The highest BCUT2D eigenvalue weighted by Crippen LogP contribution is 2.59. The quantitative estimate of drug-likeness (QED) is 0.458. The topological polar surface area (TPSA) is 116 Å². The molecule has 1 aromatic carbocycles. The van der Waals surface area contributed by atoms with Gasteiger partial charge in [-0.25, -0.2) is 0 Å². The Balaban J connectivity index is 1.85. The molecule has 0 saturated carbocycles.